The van der Waals surface area contributed by atoms with Crippen molar-refractivity contribution in [2.45, 2.75) is 89.4 Å². The fourth-order valence-electron chi connectivity index (χ4n) is 6.71. The van der Waals surface area contributed by atoms with Gasteiger partial charge in [0, 0.05) is 43.8 Å². The second-order valence-electron chi connectivity index (χ2n) is 10.4. The van der Waals surface area contributed by atoms with E-state index in [-0.39, 0.29) is 11.9 Å². The Morgan fingerprint density at radius 2 is 1.50 bits per heavy atom. The smallest absolute Gasteiger partial charge is 0.318 e. The maximum Gasteiger partial charge on any atom is 0.318 e. The van der Waals surface area contributed by atoms with Gasteiger partial charge >= 0.3 is 6.03 Å². The second kappa shape index (κ2) is 9.05. The van der Waals surface area contributed by atoms with Gasteiger partial charge in [0.05, 0.1) is 12.1 Å². The Bertz CT molecular complexity index is 835. The van der Waals surface area contributed by atoms with Crippen LogP contribution in [0.5, 0.6) is 0 Å². The zero-order valence-corrected chi connectivity index (χ0v) is 19.7. The Morgan fingerprint density at radius 1 is 0.875 bits per heavy atom. The number of urea groups is 1. The number of nitrogens with zero attached hydrogens (tertiary/aromatic N) is 3. The van der Waals surface area contributed by atoms with Crippen LogP contribution in [0.1, 0.15) is 72.9 Å². The van der Waals surface area contributed by atoms with Gasteiger partial charge in [-0.3, -0.25) is 4.79 Å². The van der Waals surface area contributed by atoms with E-state index in [9.17, 15) is 9.59 Å². The fourth-order valence-corrected chi connectivity index (χ4v) is 6.71. The van der Waals surface area contributed by atoms with E-state index in [0.29, 0.717) is 24.2 Å². The van der Waals surface area contributed by atoms with E-state index in [1.807, 2.05) is 32.0 Å². The quantitative estimate of drug-likeness (QED) is 0.783. The van der Waals surface area contributed by atoms with Crippen LogP contribution in [0, 0.1) is 13.8 Å². The van der Waals surface area contributed by atoms with Crippen molar-refractivity contribution in [2.24, 2.45) is 0 Å². The number of likely N-dealkylation sites (tertiary alicyclic amines) is 2. The minimum absolute atomic E-state index is 0.179. The van der Waals surface area contributed by atoms with Gasteiger partial charge in [0.15, 0.2) is 0 Å². The van der Waals surface area contributed by atoms with Crippen LogP contribution in [0.15, 0.2) is 18.2 Å². The molecule has 0 spiro atoms. The number of fused-ring (bicyclic) bond motifs is 1. The minimum Gasteiger partial charge on any atom is -0.339 e. The molecule has 32 heavy (non-hydrogen) atoms. The van der Waals surface area contributed by atoms with E-state index < -0.39 is 0 Å². The van der Waals surface area contributed by atoms with Crippen molar-refractivity contribution in [1.29, 1.82) is 0 Å². The monoisotopic (exact) mass is 438 g/mol. The molecule has 1 N–H and O–H groups in total. The number of carbonyl (C=O) groups is 2. The number of amides is 3. The molecule has 5 rings (SSSR count). The molecule has 6 nitrogen and oxygen atoms in total. The lowest BCUT2D eigenvalue weighted by Crippen LogP contribution is -2.53. The van der Waals surface area contributed by atoms with E-state index in [1.165, 1.54) is 12.8 Å². The summed E-state index contributed by atoms with van der Waals surface area (Å²) in [4.78, 5) is 32.7. The Kier molecular flexibility index (Phi) is 6.15. The molecule has 1 aliphatic carbocycles. The van der Waals surface area contributed by atoms with Crippen LogP contribution in [-0.4, -0.2) is 77.0 Å². The first kappa shape index (κ1) is 21.7. The molecule has 6 heteroatoms. The zero-order valence-electron chi connectivity index (χ0n) is 19.7. The molecular formula is C26H38N4O2. The summed E-state index contributed by atoms with van der Waals surface area (Å²) >= 11 is 0. The number of piperidine rings is 2. The third kappa shape index (κ3) is 4.02. The van der Waals surface area contributed by atoms with Crippen molar-refractivity contribution in [3.05, 3.63) is 34.9 Å². The molecule has 1 saturated carbocycles. The average molecular weight is 439 g/mol. The first-order valence-corrected chi connectivity index (χ1v) is 12.7. The summed E-state index contributed by atoms with van der Waals surface area (Å²) < 4.78 is 0. The first-order valence-electron chi connectivity index (χ1n) is 12.7. The molecule has 0 radical (unpaired) electrons. The molecule has 3 aliphatic heterocycles. The predicted molar refractivity (Wildman–Crippen MR) is 126 cm³/mol. The molecule has 1 aromatic carbocycles. The van der Waals surface area contributed by atoms with Crippen LogP contribution >= 0.6 is 0 Å². The second-order valence-corrected chi connectivity index (χ2v) is 10.4. The summed E-state index contributed by atoms with van der Waals surface area (Å²) in [6, 6.07) is 8.04. The van der Waals surface area contributed by atoms with Gasteiger partial charge < -0.3 is 20.0 Å². The molecule has 4 fully saturated rings. The number of carbonyl (C=O) groups excluding carboxylic acids is 2. The Morgan fingerprint density at radius 3 is 2.19 bits per heavy atom. The van der Waals surface area contributed by atoms with E-state index in [0.717, 1.165) is 81.4 Å². The summed E-state index contributed by atoms with van der Waals surface area (Å²) in [6.07, 6.45) is 9.08. The summed E-state index contributed by atoms with van der Waals surface area (Å²) in [5, 5.41) is 3.25. The van der Waals surface area contributed by atoms with Crippen LogP contribution in [0.25, 0.3) is 0 Å². The van der Waals surface area contributed by atoms with Crippen LogP contribution in [0.4, 0.5) is 4.79 Å². The van der Waals surface area contributed by atoms with Crippen LogP contribution < -0.4 is 5.32 Å². The Hall–Kier alpha value is -2.08. The lowest BCUT2D eigenvalue weighted by atomic mass is 9.89. The van der Waals surface area contributed by atoms with Crippen LogP contribution in [-0.2, 0) is 0 Å². The predicted octanol–water partition coefficient (Wildman–Crippen LogP) is 3.71. The number of hydrogen-bond donors (Lipinski definition) is 1. The molecule has 4 aliphatic rings. The molecule has 174 valence electrons. The van der Waals surface area contributed by atoms with Gasteiger partial charge in [-0.05, 0) is 63.5 Å². The van der Waals surface area contributed by atoms with Crippen molar-refractivity contribution in [1.82, 2.24) is 20.0 Å². The number of nitrogens with one attached hydrogen (secondary N) is 1. The molecule has 0 unspecified atom stereocenters. The number of hydrogen-bond acceptors (Lipinski definition) is 3. The summed E-state index contributed by atoms with van der Waals surface area (Å²) in [6.45, 7) is 7.90. The molecule has 3 amide bonds. The van der Waals surface area contributed by atoms with E-state index in [4.69, 9.17) is 0 Å². The van der Waals surface area contributed by atoms with E-state index in [2.05, 4.69) is 20.0 Å². The topological polar surface area (TPSA) is 55.9 Å². The van der Waals surface area contributed by atoms with Crippen molar-refractivity contribution >= 4 is 11.9 Å². The van der Waals surface area contributed by atoms with Crippen molar-refractivity contribution in [3.63, 3.8) is 0 Å². The number of aryl methyl sites for hydroxylation is 2. The molecule has 3 heterocycles. The molecule has 0 bridgehead atoms. The normalized spacial score (nSPS) is 28.0. The highest BCUT2D eigenvalue weighted by atomic mass is 16.2. The third-order valence-corrected chi connectivity index (χ3v) is 8.49. The van der Waals surface area contributed by atoms with E-state index >= 15 is 0 Å². The van der Waals surface area contributed by atoms with Gasteiger partial charge in [-0.25, -0.2) is 4.79 Å². The van der Waals surface area contributed by atoms with Gasteiger partial charge in [0.2, 0.25) is 0 Å². The van der Waals surface area contributed by atoms with Gasteiger partial charge in [-0.1, -0.05) is 31.0 Å². The minimum atomic E-state index is 0.179. The number of rotatable bonds is 3. The molecule has 3 saturated heterocycles. The molecular weight excluding hydrogens is 400 g/mol. The lowest BCUT2D eigenvalue weighted by molar-refractivity contribution is 0.0471. The van der Waals surface area contributed by atoms with Gasteiger partial charge in [-0.2, -0.15) is 0 Å². The maximum absolute atomic E-state index is 13.1. The highest BCUT2D eigenvalue weighted by Gasteiger charge is 2.44. The maximum atomic E-state index is 13.1. The average Bonchev–Trinajstić information content (AvgIpc) is 3.15. The highest BCUT2D eigenvalue weighted by molar-refractivity contribution is 5.97. The highest BCUT2D eigenvalue weighted by Crippen LogP contribution is 2.33. The van der Waals surface area contributed by atoms with Gasteiger partial charge in [-0.15, -0.1) is 0 Å². The standard InChI is InChI=1S/C26H38N4O2/c1-18-6-5-7-19(2)24(18)25(31)29-16-10-20(11-17-29)28-14-12-21(13-15-28)30-23-9-4-3-8-22(23)27-26(30)32/h5-7,20-23H,3-4,8-17H2,1-2H3,(H,27,32)/t22-,23-/m0/s1. The van der Waals surface area contributed by atoms with Crippen molar-refractivity contribution < 1.29 is 9.59 Å². The van der Waals surface area contributed by atoms with Gasteiger partial charge in [0.25, 0.3) is 5.91 Å². The third-order valence-electron chi connectivity index (χ3n) is 8.49. The first-order chi connectivity index (χ1) is 15.5. The lowest BCUT2D eigenvalue weighted by Gasteiger charge is -2.44. The summed E-state index contributed by atoms with van der Waals surface area (Å²) in [5.74, 6) is 0.194. The summed E-state index contributed by atoms with van der Waals surface area (Å²) in [7, 11) is 0. The SMILES string of the molecule is Cc1cccc(C)c1C(=O)N1CCC(N2CCC(N3C(=O)N[C@H]4CCCC[C@@H]43)CC2)CC1. The zero-order chi connectivity index (χ0) is 22.2. The van der Waals surface area contributed by atoms with Crippen LogP contribution in [0.2, 0.25) is 0 Å². The van der Waals surface area contributed by atoms with Crippen LogP contribution in [0.3, 0.4) is 0 Å². The Labute approximate surface area is 192 Å². The fraction of sp³-hybridized carbons (Fsp3) is 0.692. The van der Waals surface area contributed by atoms with Crippen molar-refractivity contribution in [2.75, 3.05) is 26.2 Å². The number of benzene rings is 1. The summed E-state index contributed by atoms with van der Waals surface area (Å²) in [5.41, 5.74) is 3.03. The largest absolute Gasteiger partial charge is 0.339 e. The van der Waals surface area contributed by atoms with E-state index in [1.54, 1.807) is 0 Å². The molecule has 0 aromatic heterocycles. The van der Waals surface area contributed by atoms with Crippen molar-refractivity contribution in [3.8, 4) is 0 Å². The molecule has 2 atom stereocenters. The Balaban J connectivity index is 1.14. The van der Waals surface area contributed by atoms with Gasteiger partial charge in [0.1, 0.15) is 0 Å². The molecule has 1 aromatic rings.